The molecule has 1 amide bonds. The van der Waals surface area contributed by atoms with Gasteiger partial charge in [0.25, 0.3) is 5.91 Å². The summed E-state index contributed by atoms with van der Waals surface area (Å²) in [6.07, 6.45) is 1.48. The Balaban J connectivity index is 1.71. The molecule has 0 aromatic carbocycles. The number of ether oxygens (including phenoxy) is 3. The average molecular weight is 339 g/mol. The van der Waals surface area contributed by atoms with Crippen molar-refractivity contribution >= 4 is 5.91 Å². The second-order valence-corrected chi connectivity index (χ2v) is 6.38. The number of hydrogen-bond acceptors (Lipinski definition) is 7. The standard InChI is InChI=1S/C16H25N3O5/c1-13-14(9-17-24-13)15(20)19-5-8-23-16(11-19)10-18(3-6-21-2)4-7-22-12-16/h9H,3-8,10-12H2,1-2H3/t16-/m1/s1. The molecule has 2 aliphatic rings. The zero-order valence-corrected chi connectivity index (χ0v) is 14.3. The Morgan fingerprint density at radius 1 is 1.38 bits per heavy atom. The van der Waals surface area contributed by atoms with Crippen molar-refractivity contribution in [2.45, 2.75) is 12.5 Å². The number of hydrogen-bond donors (Lipinski definition) is 0. The van der Waals surface area contributed by atoms with Crippen molar-refractivity contribution in [1.82, 2.24) is 15.0 Å². The number of carbonyl (C=O) groups excluding carboxylic acids is 1. The van der Waals surface area contributed by atoms with Gasteiger partial charge in [-0.15, -0.1) is 0 Å². The number of aryl methyl sites for hydroxylation is 1. The van der Waals surface area contributed by atoms with E-state index in [1.165, 1.54) is 6.20 Å². The minimum Gasteiger partial charge on any atom is -0.383 e. The Hall–Kier alpha value is -1.48. The fraction of sp³-hybridized carbons (Fsp3) is 0.750. The lowest BCUT2D eigenvalue weighted by atomic mass is 10.0. The first-order valence-electron chi connectivity index (χ1n) is 8.27. The van der Waals surface area contributed by atoms with Crippen molar-refractivity contribution < 1.29 is 23.5 Å². The first-order valence-corrected chi connectivity index (χ1v) is 8.27. The molecular formula is C16H25N3O5. The number of carbonyl (C=O) groups is 1. The van der Waals surface area contributed by atoms with Crippen LogP contribution in [-0.4, -0.2) is 92.7 Å². The Morgan fingerprint density at radius 2 is 2.25 bits per heavy atom. The minimum absolute atomic E-state index is 0.0656. The van der Waals surface area contributed by atoms with E-state index in [1.54, 1.807) is 14.0 Å². The van der Waals surface area contributed by atoms with E-state index in [0.29, 0.717) is 50.8 Å². The summed E-state index contributed by atoms with van der Waals surface area (Å²) in [5.74, 6) is 0.475. The number of morpholine rings is 1. The molecule has 134 valence electrons. The van der Waals surface area contributed by atoms with Gasteiger partial charge >= 0.3 is 0 Å². The lowest BCUT2D eigenvalue weighted by Crippen LogP contribution is -2.60. The second kappa shape index (κ2) is 7.60. The zero-order valence-electron chi connectivity index (χ0n) is 14.3. The molecule has 0 radical (unpaired) electrons. The fourth-order valence-corrected chi connectivity index (χ4v) is 3.27. The van der Waals surface area contributed by atoms with Crippen LogP contribution in [0.1, 0.15) is 16.1 Å². The Bertz CT molecular complexity index is 564. The topological polar surface area (TPSA) is 77.3 Å². The highest BCUT2D eigenvalue weighted by molar-refractivity contribution is 5.94. The van der Waals surface area contributed by atoms with Gasteiger partial charge in [-0.05, 0) is 6.92 Å². The smallest absolute Gasteiger partial charge is 0.259 e. The average Bonchev–Trinajstić information content (AvgIpc) is 2.92. The summed E-state index contributed by atoms with van der Waals surface area (Å²) in [6.45, 7) is 7.51. The molecule has 8 heteroatoms. The van der Waals surface area contributed by atoms with Gasteiger partial charge in [-0.25, -0.2) is 0 Å². The summed E-state index contributed by atoms with van der Waals surface area (Å²) in [5, 5.41) is 3.70. The van der Waals surface area contributed by atoms with Crippen molar-refractivity contribution in [3.63, 3.8) is 0 Å². The lowest BCUT2D eigenvalue weighted by Gasteiger charge is -2.43. The molecule has 0 N–H and O–H groups in total. The maximum Gasteiger partial charge on any atom is 0.259 e. The molecule has 1 aromatic rings. The number of methoxy groups -OCH3 is 1. The van der Waals surface area contributed by atoms with E-state index in [4.69, 9.17) is 18.7 Å². The van der Waals surface area contributed by atoms with E-state index in [9.17, 15) is 4.79 Å². The van der Waals surface area contributed by atoms with Crippen molar-refractivity contribution in [3.8, 4) is 0 Å². The minimum atomic E-state index is -0.497. The van der Waals surface area contributed by atoms with Crippen LogP contribution < -0.4 is 0 Å². The van der Waals surface area contributed by atoms with Crippen LogP contribution in [0.15, 0.2) is 10.7 Å². The largest absolute Gasteiger partial charge is 0.383 e. The summed E-state index contributed by atoms with van der Waals surface area (Å²) in [4.78, 5) is 16.8. The summed E-state index contributed by atoms with van der Waals surface area (Å²) < 4.78 is 22.0. The first kappa shape index (κ1) is 17.3. The quantitative estimate of drug-likeness (QED) is 0.774. The second-order valence-electron chi connectivity index (χ2n) is 6.38. The highest BCUT2D eigenvalue weighted by Crippen LogP contribution is 2.24. The maximum absolute atomic E-state index is 12.7. The van der Waals surface area contributed by atoms with Crippen molar-refractivity contribution in [3.05, 3.63) is 17.5 Å². The number of rotatable bonds is 4. The van der Waals surface area contributed by atoms with Crippen LogP contribution in [-0.2, 0) is 14.2 Å². The molecule has 0 saturated carbocycles. The van der Waals surface area contributed by atoms with Gasteiger partial charge < -0.3 is 23.6 Å². The molecule has 3 rings (SSSR count). The van der Waals surface area contributed by atoms with Gasteiger partial charge in [0, 0.05) is 33.3 Å². The van der Waals surface area contributed by atoms with Crippen LogP contribution in [0.3, 0.4) is 0 Å². The molecule has 1 aromatic heterocycles. The molecule has 24 heavy (non-hydrogen) atoms. The third-order valence-corrected chi connectivity index (χ3v) is 4.56. The van der Waals surface area contributed by atoms with Crippen LogP contribution in [0.4, 0.5) is 0 Å². The first-order chi connectivity index (χ1) is 11.6. The molecule has 8 nitrogen and oxygen atoms in total. The predicted molar refractivity (Wildman–Crippen MR) is 85.0 cm³/mol. The van der Waals surface area contributed by atoms with Crippen LogP contribution in [0, 0.1) is 6.92 Å². The van der Waals surface area contributed by atoms with Crippen LogP contribution in [0.25, 0.3) is 0 Å². The van der Waals surface area contributed by atoms with Crippen LogP contribution >= 0.6 is 0 Å². The highest BCUT2D eigenvalue weighted by atomic mass is 16.5. The van der Waals surface area contributed by atoms with Gasteiger partial charge in [0.05, 0.1) is 39.2 Å². The molecule has 1 atom stereocenters. The number of amides is 1. The molecule has 3 heterocycles. The number of aromatic nitrogens is 1. The Kier molecular flexibility index (Phi) is 5.50. The van der Waals surface area contributed by atoms with Gasteiger partial charge in [0.1, 0.15) is 16.9 Å². The normalized spacial score (nSPS) is 25.8. The van der Waals surface area contributed by atoms with E-state index in [1.807, 2.05) is 4.90 Å². The zero-order chi connectivity index (χ0) is 17.0. The highest BCUT2D eigenvalue weighted by Gasteiger charge is 2.42. The monoisotopic (exact) mass is 339 g/mol. The lowest BCUT2D eigenvalue weighted by molar-refractivity contribution is -0.133. The van der Waals surface area contributed by atoms with Gasteiger partial charge in [-0.3, -0.25) is 9.69 Å². The molecule has 0 bridgehead atoms. The van der Waals surface area contributed by atoms with Crippen LogP contribution in [0.2, 0.25) is 0 Å². The predicted octanol–water partition coefficient (Wildman–Crippen LogP) is 0.173. The van der Waals surface area contributed by atoms with Gasteiger partial charge in [-0.1, -0.05) is 5.16 Å². The summed E-state index contributed by atoms with van der Waals surface area (Å²) >= 11 is 0. The van der Waals surface area contributed by atoms with Gasteiger partial charge in [0.15, 0.2) is 0 Å². The third-order valence-electron chi connectivity index (χ3n) is 4.56. The molecule has 2 saturated heterocycles. The van der Waals surface area contributed by atoms with Crippen molar-refractivity contribution in [2.75, 3.05) is 66.3 Å². The van der Waals surface area contributed by atoms with Gasteiger partial charge in [0.2, 0.25) is 0 Å². The van der Waals surface area contributed by atoms with E-state index < -0.39 is 5.60 Å². The summed E-state index contributed by atoms with van der Waals surface area (Å²) in [6, 6.07) is 0. The fourth-order valence-electron chi connectivity index (χ4n) is 3.27. The molecular weight excluding hydrogens is 314 g/mol. The van der Waals surface area contributed by atoms with Crippen molar-refractivity contribution in [2.24, 2.45) is 0 Å². The Morgan fingerprint density at radius 3 is 3.00 bits per heavy atom. The van der Waals surface area contributed by atoms with Crippen molar-refractivity contribution in [1.29, 1.82) is 0 Å². The molecule has 1 spiro atoms. The maximum atomic E-state index is 12.7. The molecule has 0 unspecified atom stereocenters. The van der Waals surface area contributed by atoms with E-state index in [0.717, 1.165) is 19.6 Å². The SMILES string of the molecule is COCCN1CCOC[C@@]2(C1)CN(C(=O)c1cnoc1C)CCO2. The van der Waals surface area contributed by atoms with Gasteiger partial charge in [-0.2, -0.15) is 0 Å². The molecule has 0 aliphatic carbocycles. The molecule has 2 fully saturated rings. The summed E-state index contributed by atoms with van der Waals surface area (Å²) in [7, 11) is 1.70. The Labute approximate surface area is 141 Å². The van der Waals surface area contributed by atoms with E-state index in [2.05, 4.69) is 10.1 Å². The third kappa shape index (κ3) is 3.77. The van der Waals surface area contributed by atoms with E-state index in [-0.39, 0.29) is 5.91 Å². The molecule has 2 aliphatic heterocycles. The summed E-state index contributed by atoms with van der Waals surface area (Å²) in [5.41, 5.74) is 0.0151. The van der Waals surface area contributed by atoms with Crippen LogP contribution in [0.5, 0.6) is 0 Å². The van der Waals surface area contributed by atoms with E-state index >= 15 is 0 Å². The number of nitrogens with zero attached hydrogens (tertiary/aromatic N) is 3.